The molecule has 210 valence electrons. The van der Waals surface area contributed by atoms with Gasteiger partial charge in [0, 0.05) is 55.9 Å². The number of carbonyl (C=O) groups excluding carboxylic acids is 2. The quantitative estimate of drug-likeness (QED) is 0.395. The molecule has 0 N–H and O–H groups in total. The van der Waals surface area contributed by atoms with E-state index in [2.05, 4.69) is 17.0 Å². The Morgan fingerprint density at radius 2 is 1.60 bits per heavy atom. The monoisotopic (exact) mass is 561 g/mol. The molecule has 2 atom stereocenters. The highest BCUT2D eigenvalue weighted by atomic mass is 35.5. The van der Waals surface area contributed by atoms with Gasteiger partial charge in [0.1, 0.15) is 0 Å². The summed E-state index contributed by atoms with van der Waals surface area (Å²) in [6.45, 7) is 3.87. The maximum atomic E-state index is 13.8. The number of benzene rings is 3. The third-order valence-corrected chi connectivity index (χ3v) is 8.22. The highest BCUT2D eigenvalue weighted by molar-refractivity contribution is 6.30. The number of anilines is 1. The molecule has 8 heteroatoms. The minimum absolute atomic E-state index is 0.00266. The standard InChI is InChI=1S/C32H36ClN3O4/c1-23(37)35-18-17-27-15-16-28(36(27)19-24-11-13-26(33)14-12-24)21-34(20-25-7-3-4-8-29(25)35)32(38)22-40-31-10-6-5-9-30(31)39-2/h3-14,27-28H,15-22H2,1-2H3/t27-,28+/m1/s1. The molecule has 0 saturated carbocycles. The zero-order valence-electron chi connectivity index (χ0n) is 23.1. The average Bonchev–Trinajstić information content (AvgIpc) is 3.32. The summed E-state index contributed by atoms with van der Waals surface area (Å²) < 4.78 is 11.3. The SMILES string of the molecule is COc1ccccc1OCC(=O)N1Cc2ccccc2N(C(C)=O)CC[C@H]2CC[C@@H](C1)N2Cc1ccc(Cl)cc1. The first kappa shape index (κ1) is 28.0. The number of halogens is 1. The molecule has 40 heavy (non-hydrogen) atoms. The van der Waals surface area contributed by atoms with E-state index in [1.807, 2.05) is 64.4 Å². The maximum Gasteiger partial charge on any atom is 0.260 e. The van der Waals surface area contributed by atoms with E-state index >= 15 is 0 Å². The fourth-order valence-electron chi connectivity index (χ4n) is 5.90. The second-order valence-electron chi connectivity index (χ2n) is 10.5. The van der Waals surface area contributed by atoms with Crippen molar-refractivity contribution in [3.63, 3.8) is 0 Å². The normalized spacial score (nSPS) is 19.5. The van der Waals surface area contributed by atoms with Crippen LogP contribution in [-0.2, 0) is 22.7 Å². The highest BCUT2D eigenvalue weighted by Gasteiger charge is 2.36. The molecule has 0 unspecified atom stereocenters. The molecule has 2 aliphatic heterocycles. The Balaban J connectivity index is 1.45. The summed E-state index contributed by atoms with van der Waals surface area (Å²) in [5, 5.41) is 0.714. The predicted molar refractivity (Wildman–Crippen MR) is 157 cm³/mol. The van der Waals surface area contributed by atoms with Crippen molar-refractivity contribution in [1.29, 1.82) is 0 Å². The smallest absolute Gasteiger partial charge is 0.260 e. The van der Waals surface area contributed by atoms with Crippen molar-refractivity contribution in [2.45, 2.75) is 51.4 Å². The first-order valence-electron chi connectivity index (χ1n) is 13.8. The zero-order chi connectivity index (χ0) is 28.1. The second kappa shape index (κ2) is 12.7. The Kier molecular flexibility index (Phi) is 8.92. The van der Waals surface area contributed by atoms with Gasteiger partial charge in [-0.15, -0.1) is 0 Å². The van der Waals surface area contributed by atoms with Crippen LogP contribution in [0.15, 0.2) is 72.8 Å². The fraction of sp³-hybridized carbons (Fsp3) is 0.375. The Bertz CT molecular complexity index is 1330. The van der Waals surface area contributed by atoms with Gasteiger partial charge in [-0.1, -0.05) is 54.1 Å². The number of ether oxygens (including phenoxy) is 2. The van der Waals surface area contributed by atoms with E-state index in [0.717, 1.165) is 37.1 Å². The third kappa shape index (κ3) is 6.43. The van der Waals surface area contributed by atoms with Crippen molar-refractivity contribution in [3.05, 3.63) is 88.9 Å². The Labute approximate surface area is 241 Å². The maximum absolute atomic E-state index is 13.8. The van der Waals surface area contributed by atoms with Gasteiger partial charge in [0.15, 0.2) is 18.1 Å². The summed E-state index contributed by atoms with van der Waals surface area (Å²) in [7, 11) is 1.58. The number of carbonyl (C=O) groups is 2. The van der Waals surface area contributed by atoms with Crippen LogP contribution in [0.25, 0.3) is 0 Å². The molecule has 0 radical (unpaired) electrons. The molecule has 7 nitrogen and oxygen atoms in total. The molecule has 2 aliphatic rings. The van der Waals surface area contributed by atoms with E-state index in [1.54, 1.807) is 20.1 Å². The molecular formula is C32H36ClN3O4. The number of methoxy groups -OCH3 is 1. The molecule has 2 heterocycles. The van der Waals surface area contributed by atoms with Crippen molar-refractivity contribution in [2.75, 3.05) is 31.7 Å². The van der Waals surface area contributed by atoms with Crippen LogP contribution in [0.5, 0.6) is 11.5 Å². The summed E-state index contributed by atoms with van der Waals surface area (Å²) in [5.41, 5.74) is 2.99. The molecule has 2 amide bonds. The number of amides is 2. The van der Waals surface area contributed by atoms with Gasteiger partial charge in [0.2, 0.25) is 5.91 Å². The largest absolute Gasteiger partial charge is 0.493 e. The summed E-state index contributed by atoms with van der Waals surface area (Å²) in [5.74, 6) is 1.01. The van der Waals surface area contributed by atoms with E-state index in [-0.39, 0.29) is 24.5 Å². The lowest BCUT2D eigenvalue weighted by Gasteiger charge is -2.34. The molecule has 3 aromatic rings. The molecule has 5 rings (SSSR count). The molecule has 1 fully saturated rings. The van der Waals surface area contributed by atoms with Gasteiger partial charge in [-0.05, 0) is 60.7 Å². The molecule has 0 spiro atoms. The number of rotatable bonds is 6. The second-order valence-corrected chi connectivity index (χ2v) is 10.9. The minimum atomic E-state index is -0.107. The highest BCUT2D eigenvalue weighted by Crippen LogP contribution is 2.33. The van der Waals surface area contributed by atoms with Crippen LogP contribution in [0.4, 0.5) is 5.69 Å². The van der Waals surface area contributed by atoms with Crippen LogP contribution >= 0.6 is 11.6 Å². The van der Waals surface area contributed by atoms with Gasteiger partial charge in [0.25, 0.3) is 5.91 Å². The number of hydrogen-bond donors (Lipinski definition) is 0. The van der Waals surface area contributed by atoms with Crippen LogP contribution in [0.3, 0.4) is 0 Å². The first-order valence-corrected chi connectivity index (χ1v) is 14.2. The van der Waals surface area contributed by atoms with Crippen LogP contribution in [0, 0.1) is 0 Å². The summed E-state index contributed by atoms with van der Waals surface area (Å²) >= 11 is 6.15. The lowest BCUT2D eigenvalue weighted by atomic mass is 10.1. The van der Waals surface area contributed by atoms with Crippen LogP contribution < -0.4 is 14.4 Å². The lowest BCUT2D eigenvalue weighted by Crippen LogP contribution is -2.46. The van der Waals surface area contributed by atoms with Crippen molar-refractivity contribution >= 4 is 29.1 Å². The summed E-state index contributed by atoms with van der Waals surface area (Å²) in [6.07, 6.45) is 2.87. The van der Waals surface area contributed by atoms with E-state index in [9.17, 15) is 9.59 Å². The average molecular weight is 562 g/mol. The van der Waals surface area contributed by atoms with Crippen molar-refractivity contribution in [1.82, 2.24) is 9.80 Å². The van der Waals surface area contributed by atoms with Gasteiger partial charge < -0.3 is 19.3 Å². The number of hydrogen-bond acceptors (Lipinski definition) is 5. The fourth-order valence-corrected chi connectivity index (χ4v) is 6.02. The zero-order valence-corrected chi connectivity index (χ0v) is 23.8. The lowest BCUT2D eigenvalue weighted by molar-refractivity contribution is -0.134. The molecule has 2 bridgehead atoms. The van der Waals surface area contributed by atoms with Gasteiger partial charge >= 0.3 is 0 Å². The number of fused-ring (bicyclic) bond motifs is 3. The summed E-state index contributed by atoms with van der Waals surface area (Å²) in [4.78, 5) is 32.9. The summed E-state index contributed by atoms with van der Waals surface area (Å²) in [6, 6.07) is 23.7. The van der Waals surface area contributed by atoms with Crippen molar-refractivity contribution < 1.29 is 19.1 Å². The van der Waals surface area contributed by atoms with Gasteiger partial charge in [0.05, 0.1) is 7.11 Å². The van der Waals surface area contributed by atoms with Crippen LogP contribution in [0.2, 0.25) is 5.02 Å². The van der Waals surface area contributed by atoms with Crippen molar-refractivity contribution in [2.24, 2.45) is 0 Å². The van der Waals surface area contributed by atoms with E-state index in [4.69, 9.17) is 21.1 Å². The predicted octanol–water partition coefficient (Wildman–Crippen LogP) is 5.55. The van der Waals surface area contributed by atoms with Crippen LogP contribution in [-0.4, -0.2) is 60.5 Å². The number of nitrogens with zero attached hydrogens (tertiary/aromatic N) is 3. The first-order chi connectivity index (χ1) is 19.4. The molecule has 1 saturated heterocycles. The Morgan fingerprint density at radius 1 is 0.900 bits per heavy atom. The topological polar surface area (TPSA) is 62.3 Å². The van der Waals surface area contributed by atoms with Crippen LogP contribution in [0.1, 0.15) is 37.3 Å². The Hall–Kier alpha value is -3.55. The molecular weight excluding hydrogens is 526 g/mol. The van der Waals surface area contributed by atoms with E-state index in [1.165, 1.54) is 5.56 Å². The van der Waals surface area contributed by atoms with Gasteiger partial charge in [-0.25, -0.2) is 0 Å². The number of para-hydroxylation sites is 3. The molecule has 3 aromatic carbocycles. The minimum Gasteiger partial charge on any atom is -0.493 e. The van der Waals surface area contributed by atoms with E-state index in [0.29, 0.717) is 42.2 Å². The van der Waals surface area contributed by atoms with E-state index < -0.39 is 0 Å². The molecule has 0 aliphatic carbocycles. The third-order valence-electron chi connectivity index (χ3n) is 7.96. The molecule has 0 aromatic heterocycles. The van der Waals surface area contributed by atoms with Crippen molar-refractivity contribution in [3.8, 4) is 11.5 Å². The van der Waals surface area contributed by atoms with Gasteiger partial charge in [-0.3, -0.25) is 14.5 Å². The Morgan fingerprint density at radius 3 is 2.35 bits per heavy atom. The van der Waals surface area contributed by atoms with Gasteiger partial charge in [-0.2, -0.15) is 0 Å².